The van der Waals surface area contributed by atoms with Crippen LogP contribution in [0.1, 0.15) is 27.7 Å². The Hall–Kier alpha value is -2.46. The first kappa shape index (κ1) is 16.4. The minimum Gasteiger partial charge on any atom is -0.371 e. The summed E-state index contributed by atoms with van der Waals surface area (Å²) in [6.07, 6.45) is 1.31. The molecule has 1 aromatic carbocycles. The predicted molar refractivity (Wildman–Crippen MR) is 89.9 cm³/mol. The highest BCUT2D eigenvalue weighted by atomic mass is 35.5. The molecule has 0 bridgehead atoms. The number of pyridine rings is 1. The highest BCUT2D eigenvalue weighted by molar-refractivity contribution is 6.34. The van der Waals surface area contributed by atoms with Gasteiger partial charge in [0.2, 0.25) is 0 Å². The summed E-state index contributed by atoms with van der Waals surface area (Å²) in [5.41, 5.74) is 2.08. The van der Waals surface area contributed by atoms with Crippen LogP contribution in [0.25, 0.3) is 0 Å². The number of halogens is 1. The van der Waals surface area contributed by atoms with Gasteiger partial charge in [-0.25, -0.2) is 4.98 Å². The Balaban J connectivity index is 1.72. The van der Waals surface area contributed by atoms with E-state index in [1.54, 1.807) is 18.2 Å². The van der Waals surface area contributed by atoms with Crippen molar-refractivity contribution in [3.05, 3.63) is 58.4 Å². The van der Waals surface area contributed by atoms with Gasteiger partial charge in [0, 0.05) is 19.3 Å². The third-order valence-electron chi connectivity index (χ3n) is 3.67. The summed E-state index contributed by atoms with van der Waals surface area (Å²) < 4.78 is 5.69. The van der Waals surface area contributed by atoms with Crippen LogP contribution in [0.5, 0.6) is 0 Å². The van der Waals surface area contributed by atoms with E-state index < -0.39 is 0 Å². The van der Waals surface area contributed by atoms with E-state index in [-0.39, 0.29) is 17.7 Å². The van der Waals surface area contributed by atoms with Gasteiger partial charge in [-0.3, -0.25) is 4.79 Å². The molecule has 7 heteroatoms. The Morgan fingerprint density at radius 2 is 2.29 bits per heavy atom. The van der Waals surface area contributed by atoms with Crippen molar-refractivity contribution >= 4 is 23.2 Å². The minimum atomic E-state index is -0.385. The maximum atomic E-state index is 12.2. The van der Waals surface area contributed by atoms with Crippen molar-refractivity contribution in [2.24, 2.45) is 0 Å². The van der Waals surface area contributed by atoms with Gasteiger partial charge in [0.05, 0.1) is 29.0 Å². The molecule has 0 spiro atoms. The molecule has 3 rings (SSSR count). The molecule has 122 valence electrons. The van der Waals surface area contributed by atoms with Crippen LogP contribution in [-0.2, 0) is 4.74 Å². The van der Waals surface area contributed by atoms with Gasteiger partial charge in [-0.05, 0) is 29.8 Å². The standard InChI is InChI=1S/C17H15ClN4O2/c18-13-7-12(16-10-20-5-6-24-16)2-4-14(13)22-17(23)15-3-1-11(8-19)9-21-15/h1-4,7,9,16,20H,5-6,10H2,(H,22,23)/t16-/m0/s1. The first-order chi connectivity index (χ1) is 11.7. The fourth-order valence-corrected chi connectivity index (χ4v) is 2.63. The number of amides is 1. The van der Waals surface area contributed by atoms with E-state index in [1.807, 2.05) is 12.1 Å². The molecular formula is C17H15ClN4O2. The number of rotatable bonds is 3. The first-order valence-electron chi connectivity index (χ1n) is 7.46. The molecule has 1 atom stereocenters. The summed E-state index contributed by atoms with van der Waals surface area (Å²) in [4.78, 5) is 16.2. The fourth-order valence-electron chi connectivity index (χ4n) is 2.39. The lowest BCUT2D eigenvalue weighted by molar-refractivity contribution is 0.0277. The third-order valence-corrected chi connectivity index (χ3v) is 3.98. The van der Waals surface area contributed by atoms with Gasteiger partial charge in [0.15, 0.2) is 0 Å². The van der Waals surface area contributed by atoms with E-state index in [0.717, 1.165) is 18.7 Å². The number of benzene rings is 1. The second-order valence-corrected chi connectivity index (χ2v) is 5.71. The maximum Gasteiger partial charge on any atom is 0.274 e. The van der Waals surface area contributed by atoms with Crippen molar-refractivity contribution in [2.75, 3.05) is 25.0 Å². The van der Waals surface area contributed by atoms with Crippen LogP contribution in [0, 0.1) is 11.3 Å². The second kappa shape index (κ2) is 7.41. The van der Waals surface area contributed by atoms with Crippen molar-refractivity contribution in [3.63, 3.8) is 0 Å². The van der Waals surface area contributed by atoms with Crippen molar-refractivity contribution < 1.29 is 9.53 Å². The minimum absolute atomic E-state index is 0.0406. The smallest absolute Gasteiger partial charge is 0.274 e. The van der Waals surface area contributed by atoms with E-state index in [4.69, 9.17) is 21.6 Å². The van der Waals surface area contributed by atoms with Crippen molar-refractivity contribution in [2.45, 2.75) is 6.10 Å². The molecule has 2 aromatic rings. The topological polar surface area (TPSA) is 87.0 Å². The number of aromatic nitrogens is 1. The zero-order valence-electron chi connectivity index (χ0n) is 12.8. The molecule has 1 saturated heterocycles. The number of hydrogen-bond donors (Lipinski definition) is 2. The van der Waals surface area contributed by atoms with Crippen LogP contribution in [0.15, 0.2) is 36.5 Å². The molecule has 1 aliphatic rings. The average Bonchev–Trinajstić information content (AvgIpc) is 2.64. The van der Waals surface area contributed by atoms with Crippen LogP contribution in [0.2, 0.25) is 5.02 Å². The number of anilines is 1. The van der Waals surface area contributed by atoms with Gasteiger partial charge >= 0.3 is 0 Å². The number of nitrogens with zero attached hydrogens (tertiary/aromatic N) is 2. The van der Waals surface area contributed by atoms with Crippen molar-refractivity contribution in [1.82, 2.24) is 10.3 Å². The summed E-state index contributed by atoms with van der Waals surface area (Å²) in [5.74, 6) is -0.385. The number of ether oxygens (including phenoxy) is 1. The molecule has 0 saturated carbocycles. The molecule has 0 aliphatic carbocycles. The highest BCUT2D eigenvalue weighted by Crippen LogP contribution is 2.28. The zero-order valence-corrected chi connectivity index (χ0v) is 13.5. The number of nitrogens with one attached hydrogen (secondary N) is 2. The first-order valence-corrected chi connectivity index (χ1v) is 7.84. The molecule has 1 aliphatic heterocycles. The van der Waals surface area contributed by atoms with Crippen LogP contribution in [-0.4, -0.2) is 30.6 Å². The molecule has 1 amide bonds. The van der Waals surface area contributed by atoms with Gasteiger partial charge in [0.1, 0.15) is 11.8 Å². The third kappa shape index (κ3) is 3.71. The Morgan fingerprint density at radius 3 is 2.92 bits per heavy atom. The summed E-state index contributed by atoms with van der Waals surface area (Å²) in [6.45, 7) is 2.23. The summed E-state index contributed by atoms with van der Waals surface area (Å²) in [6, 6.07) is 10.4. The van der Waals surface area contributed by atoms with Crippen LogP contribution in [0.3, 0.4) is 0 Å². The molecule has 2 heterocycles. The molecule has 1 fully saturated rings. The Kier molecular flexibility index (Phi) is 5.06. The lowest BCUT2D eigenvalue weighted by Crippen LogP contribution is -2.33. The van der Waals surface area contributed by atoms with E-state index in [9.17, 15) is 4.79 Å². The molecule has 24 heavy (non-hydrogen) atoms. The average molecular weight is 343 g/mol. The quantitative estimate of drug-likeness (QED) is 0.895. The zero-order chi connectivity index (χ0) is 16.9. The highest BCUT2D eigenvalue weighted by Gasteiger charge is 2.17. The fraction of sp³-hybridized carbons (Fsp3) is 0.235. The van der Waals surface area contributed by atoms with Gasteiger partial charge in [-0.15, -0.1) is 0 Å². The summed E-state index contributed by atoms with van der Waals surface area (Å²) in [5, 5.41) is 15.2. The number of nitriles is 1. The normalized spacial score (nSPS) is 17.1. The Bertz CT molecular complexity index is 780. The van der Waals surface area contributed by atoms with Gasteiger partial charge in [-0.1, -0.05) is 17.7 Å². The van der Waals surface area contributed by atoms with Crippen molar-refractivity contribution in [1.29, 1.82) is 5.26 Å². The van der Waals surface area contributed by atoms with E-state index in [0.29, 0.717) is 22.9 Å². The van der Waals surface area contributed by atoms with Gasteiger partial charge < -0.3 is 15.4 Å². The summed E-state index contributed by atoms with van der Waals surface area (Å²) in [7, 11) is 0. The van der Waals surface area contributed by atoms with Crippen molar-refractivity contribution in [3.8, 4) is 6.07 Å². The lowest BCUT2D eigenvalue weighted by atomic mass is 10.1. The van der Waals surface area contributed by atoms with E-state index in [2.05, 4.69) is 15.6 Å². The molecule has 6 nitrogen and oxygen atoms in total. The Morgan fingerprint density at radius 1 is 1.42 bits per heavy atom. The second-order valence-electron chi connectivity index (χ2n) is 5.30. The molecule has 2 N–H and O–H groups in total. The predicted octanol–water partition coefficient (Wildman–Crippen LogP) is 2.52. The van der Waals surface area contributed by atoms with Crippen LogP contribution < -0.4 is 10.6 Å². The number of hydrogen-bond acceptors (Lipinski definition) is 5. The molecule has 0 unspecified atom stereocenters. The molecular weight excluding hydrogens is 328 g/mol. The van der Waals surface area contributed by atoms with Crippen LogP contribution in [0.4, 0.5) is 5.69 Å². The SMILES string of the molecule is N#Cc1ccc(C(=O)Nc2ccc([C@@H]3CNCCO3)cc2Cl)nc1. The lowest BCUT2D eigenvalue weighted by Gasteiger charge is -2.24. The number of carbonyl (C=O) groups is 1. The Labute approximate surface area is 144 Å². The van der Waals surface area contributed by atoms with E-state index in [1.165, 1.54) is 12.3 Å². The largest absolute Gasteiger partial charge is 0.371 e. The van der Waals surface area contributed by atoms with Gasteiger partial charge in [0.25, 0.3) is 5.91 Å². The molecule has 0 radical (unpaired) electrons. The van der Waals surface area contributed by atoms with Crippen LogP contribution >= 0.6 is 11.6 Å². The monoisotopic (exact) mass is 342 g/mol. The van der Waals surface area contributed by atoms with E-state index >= 15 is 0 Å². The van der Waals surface area contributed by atoms with Gasteiger partial charge in [-0.2, -0.15) is 5.26 Å². The number of carbonyl (C=O) groups excluding carboxylic acids is 1. The summed E-state index contributed by atoms with van der Waals surface area (Å²) >= 11 is 6.27. The molecule has 1 aromatic heterocycles. The maximum absolute atomic E-state index is 12.2. The number of morpholine rings is 1.